The Balaban J connectivity index is 0.778. The van der Waals surface area contributed by atoms with E-state index in [0.29, 0.717) is 0 Å². The Bertz CT molecular complexity index is 5270. The summed E-state index contributed by atoms with van der Waals surface area (Å²) in [4.78, 5) is 9.68. The number of nitrogens with zero attached hydrogens (tertiary/aromatic N) is 4. The van der Waals surface area contributed by atoms with Crippen LogP contribution in [0.25, 0.3) is 65.3 Å². The molecule has 0 fully saturated rings. The van der Waals surface area contributed by atoms with Gasteiger partial charge in [0.15, 0.2) is 0 Å². The summed E-state index contributed by atoms with van der Waals surface area (Å²) >= 11 is 0. The standard InChI is InChI=1S/C92H70N4/c1-64-37-47-75(48-38-64)95(76-49-39-65(2)40-50-76)91-83-33-19-21-35-85(83)92(86-36-22-20-34-84(86)91)96(77-51-41-66(3)42-52-77)78-55-45-68(46-56-78)61-67-43-53-74(54-44-67)94(73-31-17-8-18-32-73)80-58-60-82-88(63-80)90(70-25-11-5-12-26-70)81-59-57-79(62-87(81)89(82)69-23-9-4-10-24-69)93(71-27-13-6-14-28-71)72-29-15-7-16-30-72/h4-60,62-63H,61H2,1-3H3. The van der Waals surface area contributed by atoms with Crippen LogP contribution in [0.5, 0.6) is 0 Å². The van der Waals surface area contributed by atoms with Crippen molar-refractivity contribution in [2.24, 2.45) is 0 Å². The van der Waals surface area contributed by atoms with Crippen molar-refractivity contribution in [3.8, 4) is 22.3 Å². The van der Waals surface area contributed by atoms with E-state index >= 15 is 0 Å². The lowest BCUT2D eigenvalue weighted by atomic mass is 9.85. The molecule has 0 heterocycles. The summed E-state index contributed by atoms with van der Waals surface area (Å²) in [5, 5.41) is 9.43. The molecule has 16 rings (SSSR count). The van der Waals surface area contributed by atoms with Crippen LogP contribution in [-0.2, 0) is 6.42 Å². The Kier molecular flexibility index (Phi) is 15.7. The molecule has 16 aromatic carbocycles. The first-order valence-electron chi connectivity index (χ1n) is 33.2. The minimum Gasteiger partial charge on any atom is -0.310 e. The van der Waals surface area contributed by atoms with Gasteiger partial charge in [-0.15, -0.1) is 0 Å². The van der Waals surface area contributed by atoms with E-state index < -0.39 is 0 Å². The van der Waals surface area contributed by atoms with Gasteiger partial charge >= 0.3 is 0 Å². The number of hydrogen-bond acceptors (Lipinski definition) is 4. The molecule has 458 valence electrons. The number of aryl methyl sites for hydroxylation is 3. The molecule has 0 saturated heterocycles. The molecule has 0 unspecified atom stereocenters. The minimum atomic E-state index is 0.771. The predicted molar refractivity (Wildman–Crippen MR) is 410 cm³/mol. The van der Waals surface area contributed by atoms with Gasteiger partial charge in [0.05, 0.1) is 11.4 Å². The van der Waals surface area contributed by atoms with Crippen molar-refractivity contribution in [2.45, 2.75) is 27.2 Å². The SMILES string of the molecule is Cc1ccc(N(c2ccc(C)cc2)c2c3ccccc3c(N(c3ccc(C)cc3)c3ccc(Cc4ccc(N(c5ccccc5)c5ccc6c(-c7ccccc7)c7cc(N(c8ccccc8)c8ccccc8)ccc7c(-c7ccccc7)c6c5)cc4)cc3)c3ccccc23)cc1. The Labute approximate surface area is 562 Å². The second-order valence-electron chi connectivity index (χ2n) is 25.1. The second-order valence-corrected chi connectivity index (χ2v) is 25.1. The molecule has 0 radical (unpaired) electrons. The summed E-state index contributed by atoms with van der Waals surface area (Å²) in [7, 11) is 0. The van der Waals surface area contributed by atoms with Gasteiger partial charge in [-0.05, 0) is 203 Å². The normalized spacial score (nSPS) is 11.3. The van der Waals surface area contributed by atoms with Crippen molar-refractivity contribution in [1.82, 2.24) is 0 Å². The molecule has 0 aliphatic carbocycles. The fourth-order valence-electron chi connectivity index (χ4n) is 14.2. The molecular weight excluding hydrogens is 1160 g/mol. The average molecular weight is 1230 g/mol. The molecule has 16 aromatic rings. The van der Waals surface area contributed by atoms with E-state index in [4.69, 9.17) is 0 Å². The van der Waals surface area contributed by atoms with Gasteiger partial charge in [-0.2, -0.15) is 0 Å². The van der Waals surface area contributed by atoms with Gasteiger partial charge in [-0.25, -0.2) is 0 Å². The van der Waals surface area contributed by atoms with Crippen molar-refractivity contribution >= 4 is 111 Å². The van der Waals surface area contributed by atoms with E-state index in [0.717, 1.165) is 74.7 Å². The van der Waals surface area contributed by atoms with Gasteiger partial charge in [0.25, 0.3) is 0 Å². The highest BCUT2D eigenvalue weighted by atomic mass is 15.2. The fourth-order valence-corrected chi connectivity index (χ4v) is 14.2. The number of hydrogen-bond donors (Lipinski definition) is 0. The first kappa shape index (κ1) is 58.8. The molecule has 0 aliphatic rings. The number of para-hydroxylation sites is 3. The number of fused-ring (bicyclic) bond motifs is 4. The lowest BCUT2D eigenvalue weighted by molar-refractivity contribution is 1.18. The van der Waals surface area contributed by atoms with Gasteiger partial charge in [-0.1, -0.05) is 253 Å². The molecular formula is C92H70N4. The van der Waals surface area contributed by atoms with Crippen LogP contribution in [0.4, 0.5) is 68.2 Å². The van der Waals surface area contributed by atoms with Crippen LogP contribution in [0.15, 0.2) is 358 Å². The van der Waals surface area contributed by atoms with E-state index in [1.54, 1.807) is 0 Å². The maximum absolute atomic E-state index is 2.47. The molecule has 0 spiro atoms. The molecule has 0 atom stereocenters. The highest BCUT2D eigenvalue weighted by Crippen LogP contribution is 2.53. The maximum Gasteiger partial charge on any atom is 0.0619 e. The minimum absolute atomic E-state index is 0.771. The Morgan fingerprint density at radius 2 is 0.427 bits per heavy atom. The molecule has 0 aromatic heterocycles. The van der Waals surface area contributed by atoms with Gasteiger partial charge in [-0.3, -0.25) is 0 Å². The first-order valence-corrected chi connectivity index (χ1v) is 33.2. The monoisotopic (exact) mass is 1230 g/mol. The first-order chi connectivity index (χ1) is 47.4. The van der Waals surface area contributed by atoms with Crippen molar-refractivity contribution in [3.63, 3.8) is 0 Å². The summed E-state index contributed by atoms with van der Waals surface area (Å²) in [6.45, 7) is 6.47. The lowest BCUT2D eigenvalue weighted by Crippen LogP contribution is -2.14. The van der Waals surface area contributed by atoms with Gasteiger partial charge < -0.3 is 19.6 Å². The summed E-state index contributed by atoms with van der Waals surface area (Å²) in [5.41, 5.74) is 24.1. The third kappa shape index (κ3) is 11.2. The van der Waals surface area contributed by atoms with Gasteiger partial charge in [0.2, 0.25) is 0 Å². The van der Waals surface area contributed by atoms with Crippen molar-refractivity contribution in [3.05, 3.63) is 386 Å². The summed E-state index contributed by atoms with van der Waals surface area (Å²) in [5.74, 6) is 0. The topological polar surface area (TPSA) is 13.0 Å². The third-order valence-electron chi connectivity index (χ3n) is 18.8. The Hall–Kier alpha value is -12.2. The number of rotatable bonds is 16. The molecule has 4 heteroatoms. The molecule has 4 nitrogen and oxygen atoms in total. The van der Waals surface area contributed by atoms with Crippen molar-refractivity contribution in [1.29, 1.82) is 0 Å². The predicted octanol–water partition coefficient (Wildman–Crippen LogP) is 26.0. The van der Waals surface area contributed by atoms with E-state index in [2.05, 4.69) is 398 Å². The lowest BCUT2D eigenvalue weighted by Gasteiger charge is -2.33. The maximum atomic E-state index is 2.47. The molecule has 0 aliphatic heterocycles. The van der Waals surface area contributed by atoms with E-state index in [-0.39, 0.29) is 0 Å². The smallest absolute Gasteiger partial charge is 0.0619 e. The van der Waals surface area contributed by atoms with Crippen LogP contribution in [0, 0.1) is 20.8 Å². The van der Waals surface area contributed by atoms with Crippen LogP contribution < -0.4 is 19.6 Å². The highest BCUT2D eigenvalue weighted by Gasteiger charge is 2.27. The molecule has 96 heavy (non-hydrogen) atoms. The summed E-state index contributed by atoms with van der Waals surface area (Å²) in [6.07, 6.45) is 0.771. The molecule has 0 N–H and O–H groups in total. The van der Waals surface area contributed by atoms with E-state index in [9.17, 15) is 0 Å². The van der Waals surface area contributed by atoms with Gasteiger partial charge in [0, 0.05) is 78.4 Å². The van der Waals surface area contributed by atoms with Crippen LogP contribution in [-0.4, -0.2) is 0 Å². The van der Waals surface area contributed by atoms with E-state index in [1.807, 2.05) is 0 Å². The largest absolute Gasteiger partial charge is 0.310 e. The Morgan fingerprint density at radius 3 is 0.729 bits per heavy atom. The summed E-state index contributed by atoms with van der Waals surface area (Å²) in [6, 6.07) is 131. The number of anilines is 12. The number of benzene rings is 16. The van der Waals surface area contributed by atoms with Crippen LogP contribution in [0.1, 0.15) is 27.8 Å². The third-order valence-corrected chi connectivity index (χ3v) is 18.8. The Morgan fingerprint density at radius 1 is 0.188 bits per heavy atom. The van der Waals surface area contributed by atoms with Crippen molar-refractivity contribution < 1.29 is 0 Å². The fraction of sp³-hybridized carbons (Fsp3) is 0.0435. The van der Waals surface area contributed by atoms with Crippen LogP contribution in [0.3, 0.4) is 0 Å². The molecule has 0 bridgehead atoms. The average Bonchev–Trinajstić information content (AvgIpc) is 0.726. The quantitative estimate of drug-likeness (QED) is 0.0706. The molecule has 0 amide bonds. The van der Waals surface area contributed by atoms with Crippen LogP contribution in [0.2, 0.25) is 0 Å². The van der Waals surface area contributed by atoms with Crippen LogP contribution >= 0.6 is 0 Å². The second kappa shape index (κ2) is 25.7. The zero-order valence-electron chi connectivity index (χ0n) is 54.1. The zero-order valence-corrected chi connectivity index (χ0v) is 54.1. The zero-order chi connectivity index (χ0) is 64.5. The highest BCUT2D eigenvalue weighted by molar-refractivity contribution is 6.24. The summed E-state index contributed by atoms with van der Waals surface area (Å²) < 4.78 is 0. The van der Waals surface area contributed by atoms with Crippen molar-refractivity contribution in [2.75, 3.05) is 19.6 Å². The van der Waals surface area contributed by atoms with Gasteiger partial charge in [0.1, 0.15) is 0 Å². The molecule has 0 saturated carbocycles. The van der Waals surface area contributed by atoms with E-state index in [1.165, 1.54) is 93.2 Å².